The Labute approximate surface area is 81.7 Å². The predicted octanol–water partition coefficient (Wildman–Crippen LogP) is 3.19. The van der Waals surface area contributed by atoms with Crippen LogP contribution >= 0.6 is 15.9 Å². The van der Waals surface area contributed by atoms with Crippen molar-refractivity contribution in [1.82, 2.24) is 4.98 Å². The van der Waals surface area contributed by atoms with E-state index in [2.05, 4.69) is 46.1 Å². The number of aryl methyl sites for hydroxylation is 1. The topological polar surface area (TPSA) is 12.9 Å². The standard InChI is InChI=1S/C10H12BrN/c1-8(11)3-5-10-6-4-9(2)12-7-10/h3-8H,1-2H3/b5-3+. The first-order valence-corrected chi connectivity index (χ1v) is 4.85. The van der Waals surface area contributed by atoms with Crippen LogP contribution in [0.1, 0.15) is 18.2 Å². The Morgan fingerprint density at radius 1 is 1.50 bits per heavy atom. The second-order valence-electron chi connectivity index (χ2n) is 2.77. The maximum absolute atomic E-state index is 4.19. The lowest BCUT2D eigenvalue weighted by molar-refractivity contribution is 1.19. The lowest BCUT2D eigenvalue weighted by Gasteiger charge is -1.94. The van der Waals surface area contributed by atoms with E-state index in [0.29, 0.717) is 4.83 Å². The third-order valence-corrected chi connectivity index (χ3v) is 1.79. The van der Waals surface area contributed by atoms with Crippen LogP contribution in [0.4, 0.5) is 0 Å². The van der Waals surface area contributed by atoms with E-state index in [9.17, 15) is 0 Å². The van der Waals surface area contributed by atoms with E-state index in [1.54, 1.807) is 0 Å². The van der Waals surface area contributed by atoms with E-state index in [-0.39, 0.29) is 0 Å². The highest BCUT2D eigenvalue weighted by molar-refractivity contribution is 9.09. The molecule has 0 spiro atoms. The normalized spacial score (nSPS) is 13.6. The highest BCUT2D eigenvalue weighted by Gasteiger charge is 1.89. The van der Waals surface area contributed by atoms with Gasteiger partial charge in [-0.05, 0) is 25.5 Å². The van der Waals surface area contributed by atoms with Gasteiger partial charge in [-0.25, -0.2) is 0 Å². The molecule has 0 amide bonds. The van der Waals surface area contributed by atoms with E-state index in [1.807, 2.05) is 19.2 Å². The summed E-state index contributed by atoms with van der Waals surface area (Å²) in [6.45, 7) is 4.07. The Hall–Kier alpha value is -0.630. The highest BCUT2D eigenvalue weighted by atomic mass is 79.9. The fraction of sp³-hybridized carbons (Fsp3) is 0.300. The van der Waals surface area contributed by atoms with Crippen molar-refractivity contribution in [3.63, 3.8) is 0 Å². The third kappa shape index (κ3) is 3.18. The molecule has 0 saturated carbocycles. The number of allylic oxidation sites excluding steroid dienone is 1. The predicted molar refractivity (Wildman–Crippen MR) is 56.4 cm³/mol. The number of pyridine rings is 1. The summed E-state index contributed by atoms with van der Waals surface area (Å²) in [5, 5.41) is 0. The summed E-state index contributed by atoms with van der Waals surface area (Å²) in [5.41, 5.74) is 2.20. The molecule has 0 radical (unpaired) electrons. The fourth-order valence-corrected chi connectivity index (χ4v) is 0.974. The van der Waals surface area contributed by atoms with Crippen LogP contribution < -0.4 is 0 Å². The summed E-state index contributed by atoms with van der Waals surface area (Å²) in [6, 6.07) is 4.08. The van der Waals surface area contributed by atoms with Gasteiger partial charge < -0.3 is 0 Å². The van der Waals surface area contributed by atoms with E-state index in [1.165, 1.54) is 0 Å². The van der Waals surface area contributed by atoms with Crippen LogP contribution in [0.2, 0.25) is 0 Å². The lowest BCUT2D eigenvalue weighted by Crippen LogP contribution is -1.82. The van der Waals surface area contributed by atoms with Crippen LogP contribution in [0, 0.1) is 6.92 Å². The van der Waals surface area contributed by atoms with E-state index >= 15 is 0 Å². The number of hydrogen-bond acceptors (Lipinski definition) is 1. The van der Waals surface area contributed by atoms with Crippen molar-refractivity contribution in [1.29, 1.82) is 0 Å². The lowest BCUT2D eigenvalue weighted by atomic mass is 10.2. The van der Waals surface area contributed by atoms with Crippen LogP contribution in [0.15, 0.2) is 24.4 Å². The largest absolute Gasteiger partial charge is 0.261 e. The molecule has 1 aromatic rings. The molecule has 0 aliphatic rings. The van der Waals surface area contributed by atoms with Gasteiger partial charge in [-0.15, -0.1) is 0 Å². The van der Waals surface area contributed by atoms with Crippen LogP contribution in [0.25, 0.3) is 6.08 Å². The molecule has 0 aliphatic heterocycles. The molecule has 0 aromatic carbocycles. The van der Waals surface area contributed by atoms with Crippen molar-refractivity contribution >= 4 is 22.0 Å². The van der Waals surface area contributed by atoms with Crippen molar-refractivity contribution < 1.29 is 0 Å². The number of aromatic nitrogens is 1. The Balaban J connectivity index is 2.71. The Morgan fingerprint density at radius 3 is 2.75 bits per heavy atom. The highest BCUT2D eigenvalue weighted by Crippen LogP contribution is 2.05. The molecule has 0 aliphatic carbocycles. The zero-order valence-electron chi connectivity index (χ0n) is 7.29. The number of alkyl halides is 1. The van der Waals surface area contributed by atoms with Gasteiger partial charge in [-0.1, -0.05) is 34.1 Å². The molecule has 0 fully saturated rings. The Morgan fingerprint density at radius 2 is 2.25 bits per heavy atom. The zero-order chi connectivity index (χ0) is 8.97. The van der Waals surface area contributed by atoms with Gasteiger partial charge in [-0.3, -0.25) is 4.98 Å². The van der Waals surface area contributed by atoms with Gasteiger partial charge in [0.15, 0.2) is 0 Å². The molecule has 12 heavy (non-hydrogen) atoms. The number of nitrogens with zero attached hydrogens (tertiary/aromatic N) is 1. The Kier molecular flexibility index (Phi) is 3.48. The van der Waals surface area contributed by atoms with Crippen LogP contribution in [-0.4, -0.2) is 9.81 Å². The summed E-state index contributed by atoms with van der Waals surface area (Å²) in [5.74, 6) is 0. The summed E-state index contributed by atoms with van der Waals surface area (Å²) in [6.07, 6.45) is 6.03. The maximum atomic E-state index is 4.19. The molecule has 1 atom stereocenters. The van der Waals surface area contributed by atoms with E-state index < -0.39 is 0 Å². The quantitative estimate of drug-likeness (QED) is 0.705. The van der Waals surface area contributed by atoms with E-state index in [4.69, 9.17) is 0 Å². The van der Waals surface area contributed by atoms with Crippen molar-refractivity contribution in [3.8, 4) is 0 Å². The van der Waals surface area contributed by atoms with Gasteiger partial charge in [0.2, 0.25) is 0 Å². The van der Waals surface area contributed by atoms with Gasteiger partial charge in [0, 0.05) is 16.7 Å². The van der Waals surface area contributed by atoms with Gasteiger partial charge in [0.1, 0.15) is 0 Å². The molecule has 0 saturated heterocycles. The number of hydrogen-bond donors (Lipinski definition) is 0. The minimum absolute atomic E-state index is 0.416. The average molecular weight is 226 g/mol. The second-order valence-corrected chi connectivity index (χ2v) is 4.21. The van der Waals surface area contributed by atoms with Crippen LogP contribution in [0.3, 0.4) is 0 Å². The Bertz CT molecular complexity index is 262. The SMILES string of the molecule is Cc1ccc(/C=C/C(C)Br)cn1. The van der Waals surface area contributed by atoms with Gasteiger partial charge in [-0.2, -0.15) is 0 Å². The van der Waals surface area contributed by atoms with Crippen LogP contribution in [-0.2, 0) is 0 Å². The van der Waals surface area contributed by atoms with Gasteiger partial charge in [0.25, 0.3) is 0 Å². The average Bonchev–Trinajstić information content (AvgIpc) is 2.03. The molecule has 64 valence electrons. The summed E-state index contributed by atoms with van der Waals surface area (Å²) < 4.78 is 0. The fourth-order valence-electron chi connectivity index (χ4n) is 0.822. The third-order valence-electron chi connectivity index (χ3n) is 1.49. The molecule has 0 bridgehead atoms. The first kappa shape index (κ1) is 9.46. The summed E-state index contributed by atoms with van der Waals surface area (Å²) in [4.78, 5) is 4.61. The number of rotatable bonds is 2. The minimum atomic E-state index is 0.416. The first-order chi connectivity index (χ1) is 5.68. The van der Waals surface area contributed by atoms with Crippen molar-refractivity contribution in [3.05, 3.63) is 35.7 Å². The molecule has 1 nitrogen and oxygen atoms in total. The van der Waals surface area contributed by atoms with Crippen LogP contribution in [0.5, 0.6) is 0 Å². The monoisotopic (exact) mass is 225 g/mol. The second kappa shape index (κ2) is 4.41. The molecule has 1 unspecified atom stereocenters. The van der Waals surface area contributed by atoms with E-state index in [0.717, 1.165) is 11.3 Å². The zero-order valence-corrected chi connectivity index (χ0v) is 8.88. The minimum Gasteiger partial charge on any atom is -0.261 e. The van der Waals surface area contributed by atoms with Crippen molar-refractivity contribution in [2.75, 3.05) is 0 Å². The summed E-state index contributed by atoms with van der Waals surface area (Å²) >= 11 is 3.44. The number of halogens is 1. The van der Waals surface area contributed by atoms with Crippen molar-refractivity contribution in [2.45, 2.75) is 18.7 Å². The summed E-state index contributed by atoms with van der Waals surface area (Å²) in [7, 11) is 0. The first-order valence-electron chi connectivity index (χ1n) is 3.93. The molecule has 0 N–H and O–H groups in total. The van der Waals surface area contributed by atoms with Crippen molar-refractivity contribution in [2.24, 2.45) is 0 Å². The van der Waals surface area contributed by atoms with Gasteiger partial charge in [0.05, 0.1) is 0 Å². The molecule has 1 aromatic heterocycles. The molecular formula is C10H12BrN. The smallest absolute Gasteiger partial charge is 0.0373 e. The molecule has 1 heterocycles. The molecule has 1 rings (SSSR count). The van der Waals surface area contributed by atoms with Gasteiger partial charge >= 0.3 is 0 Å². The maximum Gasteiger partial charge on any atom is 0.0373 e. The molecule has 2 heteroatoms. The molecular weight excluding hydrogens is 214 g/mol.